The number of hydrogen-bond acceptors (Lipinski definition) is 7. The number of nitrogens with zero attached hydrogens (tertiary/aromatic N) is 7. The van der Waals surface area contributed by atoms with Gasteiger partial charge in [-0.1, -0.05) is 23.7 Å². The monoisotopic (exact) mass is 359 g/mol. The molecule has 0 saturated carbocycles. The lowest BCUT2D eigenvalue weighted by Crippen LogP contribution is -2.47. The minimum Gasteiger partial charge on any atom is -0.491 e. The summed E-state index contributed by atoms with van der Waals surface area (Å²) < 4.78 is 7.22. The van der Waals surface area contributed by atoms with Crippen molar-refractivity contribution in [1.82, 2.24) is 30.2 Å². The highest BCUT2D eigenvalue weighted by Gasteiger charge is 2.18. The van der Waals surface area contributed by atoms with Crippen molar-refractivity contribution in [2.45, 2.75) is 0 Å². The van der Waals surface area contributed by atoms with Crippen LogP contribution in [0.25, 0.3) is 5.65 Å². The first kappa shape index (κ1) is 16.0. The van der Waals surface area contributed by atoms with Crippen molar-refractivity contribution in [1.29, 1.82) is 0 Å². The Balaban J connectivity index is 1.27. The van der Waals surface area contributed by atoms with Gasteiger partial charge in [0.05, 0.1) is 5.02 Å². The largest absolute Gasteiger partial charge is 0.491 e. The fourth-order valence-corrected chi connectivity index (χ4v) is 3.05. The lowest BCUT2D eigenvalue weighted by atomic mass is 10.3. The fourth-order valence-electron chi connectivity index (χ4n) is 2.86. The lowest BCUT2D eigenvalue weighted by molar-refractivity contribution is 0.200. The van der Waals surface area contributed by atoms with E-state index in [4.69, 9.17) is 16.3 Å². The second-order valence-corrected chi connectivity index (χ2v) is 6.23. The van der Waals surface area contributed by atoms with Crippen LogP contribution in [0.2, 0.25) is 5.02 Å². The Bertz CT molecular complexity index is 847. The van der Waals surface area contributed by atoms with Gasteiger partial charge in [0, 0.05) is 32.7 Å². The predicted molar refractivity (Wildman–Crippen MR) is 94.2 cm³/mol. The molecule has 1 aromatic carbocycles. The minimum atomic E-state index is 0.624. The number of hydrogen-bond donors (Lipinski definition) is 0. The smallest absolute Gasteiger partial charge is 0.200 e. The molecule has 0 bridgehead atoms. The van der Waals surface area contributed by atoms with Crippen LogP contribution in [0, 0.1) is 0 Å². The van der Waals surface area contributed by atoms with E-state index < -0.39 is 0 Å². The third-order valence-electron chi connectivity index (χ3n) is 4.25. The van der Waals surface area contributed by atoms with E-state index in [2.05, 4.69) is 30.4 Å². The van der Waals surface area contributed by atoms with Crippen LogP contribution < -0.4 is 9.64 Å². The molecule has 0 atom stereocenters. The Morgan fingerprint density at radius 2 is 1.88 bits per heavy atom. The molecule has 3 aromatic rings. The predicted octanol–water partition coefficient (Wildman–Crippen LogP) is 1.37. The van der Waals surface area contributed by atoms with Crippen molar-refractivity contribution in [3.63, 3.8) is 0 Å². The molecule has 3 heterocycles. The van der Waals surface area contributed by atoms with Crippen molar-refractivity contribution in [2.75, 3.05) is 44.2 Å². The summed E-state index contributed by atoms with van der Waals surface area (Å²) in [4.78, 5) is 4.62. The van der Waals surface area contributed by atoms with Gasteiger partial charge in [-0.2, -0.15) is 0 Å². The molecule has 0 N–H and O–H groups in total. The molecule has 1 fully saturated rings. The normalized spacial score (nSPS) is 15.6. The summed E-state index contributed by atoms with van der Waals surface area (Å²) in [6.45, 7) is 5.24. The number of fused-ring (bicyclic) bond motifs is 1. The molecule has 25 heavy (non-hydrogen) atoms. The number of halogens is 1. The maximum absolute atomic E-state index is 6.10. The molecule has 0 aliphatic carbocycles. The molecule has 130 valence electrons. The number of para-hydroxylation sites is 1. The molecule has 2 aromatic heterocycles. The zero-order valence-corrected chi connectivity index (χ0v) is 14.4. The third-order valence-corrected chi connectivity index (χ3v) is 4.57. The van der Waals surface area contributed by atoms with E-state index in [0.29, 0.717) is 17.3 Å². The van der Waals surface area contributed by atoms with Gasteiger partial charge in [0.15, 0.2) is 11.5 Å². The van der Waals surface area contributed by atoms with Gasteiger partial charge in [-0.25, -0.2) is 0 Å². The number of rotatable bonds is 5. The Morgan fingerprint density at radius 1 is 1.04 bits per heavy atom. The highest BCUT2D eigenvalue weighted by Crippen LogP contribution is 2.23. The van der Waals surface area contributed by atoms with Crippen molar-refractivity contribution in [3.8, 4) is 5.75 Å². The topological polar surface area (TPSA) is 71.7 Å². The quantitative estimate of drug-likeness (QED) is 0.681. The van der Waals surface area contributed by atoms with Crippen molar-refractivity contribution < 1.29 is 4.74 Å². The lowest BCUT2D eigenvalue weighted by Gasteiger charge is -2.35. The van der Waals surface area contributed by atoms with Gasteiger partial charge in [0.2, 0.25) is 0 Å². The zero-order valence-electron chi connectivity index (χ0n) is 13.6. The number of piperazine rings is 1. The molecule has 1 saturated heterocycles. The van der Waals surface area contributed by atoms with E-state index in [1.165, 1.54) is 4.63 Å². The molecule has 1 aliphatic heterocycles. The average Bonchev–Trinajstić information content (AvgIpc) is 3.12. The van der Waals surface area contributed by atoms with Crippen molar-refractivity contribution in [3.05, 3.63) is 41.4 Å². The van der Waals surface area contributed by atoms with Crippen LogP contribution in [0.3, 0.4) is 0 Å². The van der Waals surface area contributed by atoms with Crippen LogP contribution in [-0.4, -0.2) is 69.5 Å². The van der Waals surface area contributed by atoms with Gasteiger partial charge in [-0.15, -0.1) is 14.8 Å². The Hall–Kier alpha value is -2.45. The van der Waals surface area contributed by atoms with Crippen LogP contribution in [0.1, 0.15) is 0 Å². The molecule has 0 spiro atoms. The van der Waals surface area contributed by atoms with E-state index in [9.17, 15) is 0 Å². The second-order valence-electron chi connectivity index (χ2n) is 5.83. The van der Waals surface area contributed by atoms with Crippen LogP contribution >= 0.6 is 11.6 Å². The molecule has 8 nitrogen and oxygen atoms in total. The van der Waals surface area contributed by atoms with E-state index in [0.717, 1.165) is 44.3 Å². The molecule has 0 unspecified atom stereocenters. The molecular weight excluding hydrogens is 342 g/mol. The standard InChI is InChI=1S/C16H18ClN7O/c17-13-3-1-2-4-14(13)25-12-11-22-7-9-23(10-8-22)16-6-5-15-18-20-21-24(15)19-16/h1-6H,7-12H2. The van der Waals surface area contributed by atoms with E-state index >= 15 is 0 Å². The Labute approximate surface area is 149 Å². The fraction of sp³-hybridized carbons (Fsp3) is 0.375. The first-order valence-corrected chi connectivity index (χ1v) is 8.57. The van der Waals surface area contributed by atoms with Crippen molar-refractivity contribution >= 4 is 23.1 Å². The van der Waals surface area contributed by atoms with Gasteiger partial charge in [0.25, 0.3) is 0 Å². The summed E-state index contributed by atoms with van der Waals surface area (Å²) in [6, 6.07) is 11.4. The average molecular weight is 360 g/mol. The van der Waals surface area contributed by atoms with E-state index in [1.807, 2.05) is 36.4 Å². The molecule has 0 amide bonds. The number of aromatic nitrogens is 5. The SMILES string of the molecule is Clc1ccccc1OCCN1CCN(c2ccc3nnnn3n2)CC1. The number of benzene rings is 1. The first-order chi connectivity index (χ1) is 12.3. The van der Waals surface area contributed by atoms with Crippen molar-refractivity contribution in [2.24, 2.45) is 0 Å². The maximum atomic E-state index is 6.10. The summed E-state index contributed by atoms with van der Waals surface area (Å²) >= 11 is 6.10. The van der Waals surface area contributed by atoms with Gasteiger partial charge in [-0.05, 0) is 34.7 Å². The minimum absolute atomic E-state index is 0.624. The summed E-state index contributed by atoms with van der Waals surface area (Å²) in [5.41, 5.74) is 0.652. The van der Waals surface area contributed by atoms with Crippen LogP contribution in [0.5, 0.6) is 5.75 Å². The van der Waals surface area contributed by atoms with Gasteiger partial charge in [-0.3, -0.25) is 4.90 Å². The summed E-state index contributed by atoms with van der Waals surface area (Å²) in [7, 11) is 0. The number of tetrazole rings is 1. The van der Waals surface area contributed by atoms with Crippen LogP contribution in [-0.2, 0) is 0 Å². The molecular formula is C16H18ClN7O. The highest BCUT2D eigenvalue weighted by molar-refractivity contribution is 6.32. The summed E-state index contributed by atoms with van der Waals surface area (Å²) in [6.07, 6.45) is 0. The number of anilines is 1. The van der Waals surface area contributed by atoms with Gasteiger partial charge in [0.1, 0.15) is 12.4 Å². The maximum Gasteiger partial charge on any atom is 0.200 e. The molecule has 1 aliphatic rings. The Kier molecular flexibility index (Phi) is 4.62. The van der Waals surface area contributed by atoms with E-state index in [-0.39, 0.29) is 0 Å². The van der Waals surface area contributed by atoms with Gasteiger partial charge < -0.3 is 9.64 Å². The molecule has 4 rings (SSSR count). The molecule has 0 radical (unpaired) electrons. The first-order valence-electron chi connectivity index (χ1n) is 8.20. The molecule has 9 heteroatoms. The third kappa shape index (κ3) is 3.64. The second kappa shape index (κ2) is 7.20. The summed E-state index contributed by atoms with van der Waals surface area (Å²) in [5, 5.41) is 16.4. The van der Waals surface area contributed by atoms with Crippen LogP contribution in [0.4, 0.5) is 5.82 Å². The number of ether oxygens (including phenoxy) is 1. The van der Waals surface area contributed by atoms with E-state index in [1.54, 1.807) is 0 Å². The zero-order chi connectivity index (χ0) is 17.1. The Morgan fingerprint density at radius 3 is 2.72 bits per heavy atom. The van der Waals surface area contributed by atoms with Crippen LogP contribution in [0.15, 0.2) is 36.4 Å². The van der Waals surface area contributed by atoms with Gasteiger partial charge >= 0.3 is 0 Å². The highest BCUT2D eigenvalue weighted by atomic mass is 35.5. The summed E-state index contributed by atoms with van der Waals surface area (Å²) in [5.74, 6) is 1.63.